The molecule has 146 valence electrons. The first-order valence-corrected chi connectivity index (χ1v) is 9.13. The van der Waals surface area contributed by atoms with Crippen LogP contribution in [0.5, 0.6) is 0 Å². The molecule has 28 heavy (non-hydrogen) atoms. The Labute approximate surface area is 163 Å². The van der Waals surface area contributed by atoms with E-state index in [4.69, 9.17) is 4.74 Å². The fraction of sp³-hybridized carbons (Fsp3) is 0.286. The van der Waals surface area contributed by atoms with Crippen molar-refractivity contribution >= 4 is 23.4 Å². The highest BCUT2D eigenvalue weighted by molar-refractivity contribution is 6.39. The summed E-state index contributed by atoms with van der Waals surface area (Å²) in [5, 5.41) is 4.90. The second kappa shape index (κ2) is 9.14. The van der Waals surface area contributed by atoms with Gasteiger partial charge in [0.15, 0.2) is 0 Å². The van der Waals surface area contributed by atoms with E-state index >= 15 is 0 Å². The van der Waals surface area contributed by atoms with Crippen molar-refractivity contribution in [2.24, 2.45) is 0 Å². The van der Waals surface area contributed by atoms with Gasteiger partial charge in [-0.1, -0.05) is 42.5 Å². The van der Waals surface area contributed by atoms with Gasteiger partial charge in [0.05, 0.1) is 19.7 Å². The van der Waals surface area contributed by atoms with Gasteiger partial charge in [-0.25, -0.2) is 0 Å². The predicted octanol–water partition coefficient (Wildman–Crippen LogP) is 1.65. The lowest BCUT2D eigenvalue weighted by molar-refractivity contribution is -0.141. The van der Waals surface area contributed by atoms with Crippen molar-refractivity contribution in [3.8, 4) is 0 Å². The first-order valence-electron chi connectivity index (χ1n) is 9.13. The number of anilines is 1. The van der Waals surface area contributed by atoms with Crippen LogP contribution in [0.1, 0.15) is 17.2 Å². The van der Waals surface area contributed by atoms with Crippen LogP contribution in [0.3, 0.4) is 0 Å². The number of amides is 3. The molecule has 1 aliphatic rings. The Hall–Kier alpha value is -3.19. The first kappa shape index (κ1) is 19.6. The molecule has 7 heteroatoms. The van der Waals surface area contributed by atoms with E-state index < -0.39 is 11.8 Å². The monoisotopic (exact) mass is 381 g/mol. The van der Waals surface area contributed by atoms with E-state index in [1.807, 2.05) is 43.3 Å². The normalized spacial score (nSPS) is 16.3. The number of ether oxygens (including phenoxy) is 1. The number of hydrogen-bond acceptors (Lipinski definition) is 4. The number of aryl methyl sites for hydroxylation is 1. The Morgan fingerprint density at radius 3 is 2.61 bits per heavy atom. The van der Waals surface area contributed by atoms with E-state index in [-0.39, 0.29) is 18.6 Å². The molecule has 0 aromatic heterocycles. The van der Waals surface area contributed by atoms with Gasteiger partial charge < -0.3 is 20.3 Å². The summed E-state index contributed by atoms with van der Waals surface area (Å²) >= 11 is 0. The number of benzene rings is 2. The van der Waals surface area contributed by atoms with Gasteiger partial charge in [0.25, 0.3) is 0 Å². The van der Waals surface area contributed by atoms with E-state index in [2.05, 4.69) is 10.6 Å². The van der Waals surface area contributed by atoms with Gasteiger partial charge in [-0.15, -0.1) is 0 Å². The van der Waals surface area contributed by atoms with Crippen LogP contribution in [0.25, 0.3) is 0 Å². The number of morpholine rings is 1. The van der Waals surface area contributed by atoms with Crippen molar-refractivity contribution in [3.05, 3.63) is 65.7 Å². The quantitative estimate of drug-likeness (QED) is 0.789. The lowest BCUT2D eigenvalue weighted by atomic mass is 10.1. The molecule has 2 aromatic carbocycles. The molecule has 3 rings (SSSR count). The van der Waals surface area contributed by atoms with Crippen molar-refractivity contribution in [3.63, 3.8) is 0 Å². The summed E-state index contributed by atoms with van der Waals surface area (Å²) in [6.07, 6.45) is -0.195. The summed E-state index contributed by atoms with van der Waals surface area (Å²) in [5.41, 5.74) is 2.50. The largest absolute Gasteiger partial charge is 0.370 e. The third kappa shape index (κ3) is 5.17. The number of carbonyl (C=O) groups excluding carboxylic acids is 3. The molecule has 7 nitrogen and oxygen atoms in total. The van der Waals surface area contributed by atoms with E-state index in [9.17, 15) is 14.4 Å². The number of hydrogen-bond donors (Lipinski definition) is 2. The van der Waals surface area contributed by atoms with E-state index in [0.29, 0.717) is 25.4 Å². The summed E-state index contributed by atoms with van der Waals surface area (Å²) in [6, 6.07) is 16.8. The molecule has 1 aliphatic heterocycles. The zero-order valence-corrected chi connectivity index (χ0v) is 15.7. The first-order chi connectivity index (χ1) is 13.5. The van der Waals surface area contributed by atoms with Gasteiger partial charge in [0, 0.05) is 12.2 Å². The molecule has 0 bridgehead atoms. The number of carbonyl (C=O) groups is 3. The van der Waals surface area contributed by atoms with E-state index in [1.165, 1.54) is 0 Å². The fourth-order valence-electron chi connectivity index (χ4n) is 3.00. The van der Waals surface area contributed by atoms with Crippen LogP contribution in [0.2, 0.25) is 0 Å². The fourth-order valence-corrected chi connectivity index (χ4v) is 3.00. The second-order valence-corrected chi connectivity index (χ2v) is 6.62. The van der Waals surface area contributed by atoms with Crippen LogP contribution in [0.15, 0.2) is 54.6 Å². The van der Waals surface area contributed by atoms with Gasteiger partial charge in [-0.3, -0.25) is 14.4 Å². The number of nitrogens with one attached hydrogen (secondary N) is 2. The molecule has 0 spiro atoms. The maximum atomic E-state index is 12.4. The zero-order valence-electron chi connectivity index (χ0n) is 15.7. The third-order valence-electron chi connectivity index (χ3n) is 4.47. The summed E-state index contributed by atoms with van der Waals surface area (Å²) in [6.45, 7) is 2.94. The van der Waals surface area contributed by atoms with Crippen LogP contribution in [0.4, 0.5) is 5.69 Å². The Balaban J connectivity index is 1.49. The molecule has 0 saturated carbocycles. The van der Waals surface area contributed by atoms with Gasteiger partial charge in [0.1, 0.15) is 6.10 Å². The van der Waals surface area contributed by atoms with Crippen molar-refractivity contribution < 1.29 is 19.1 Å². The van der Waals surface area contributed by atoms with E-state index in [1.54, 1.807) is 23.1 Å². The molecule has 2 N–H and O–H groups in total. The second-order valence-electron chi connectivity index (χ2n) is 6.62. The predicted molar refractivity (Wildman–Crippen MR) is 105 cm³/mol. The maximum Gasteiger partial charge on any atom is 0.313 e. The molecule has 0 radical (unpaired) electrons. The maximum absolute atomic E-state index is 12.4. The molecule has 1 atom stereocenters. The average molecular weight is 381 g/mol. The third-order valence-corrected chi connectivity index (χ3v) is 4.47. The zero-order chi connectivity index (χ0) is 19.9. The lowest BCUT2D eigenvalue weighted by Crippen LogP contribution is -2.48. The number of rotatable bonds is 4. The van der Waals surface area contributed by atoms with Gasteiger partial charge in [0.2, 0.25) is 5.91 Å². The molecule has 0 unspecified atom stereocenters. The van der Waals surface area contributed by atoms with Crippen LogP contribution in [0, 0.1) is 6.92 Å². The molecule has 1 saturated heterocycles. The van der Waals surface area contributed by atoms with Crippen molar-refractivity contribution in [2.45, 2.75) is 13.0 Å². The van der Waals surface area contributed by atoms with Gasteiger partial charge >= 0.3 is 11.8 Å². The summed E-state index contributed by atoms with van der Waals surface area (Å²) in [7, 11) is 0. The topological polar surface area (TPSA) is 87.7 Å². The Morgan fingerprint density at radius 1 is 1.07 bits per heavy atom. The van der Waals surface area contributed by atoms with Crippen LogP contribution >= 0.6 is 0 Å². The Morgan fingerprint density at radius 2 is 1.86 bits per heavy atom. The van der Waals surface area contributed by atoms with Crippen LogP contribution in [-0.2, 0) is 19.1 Å². The van der Waals surface area contributed by atoms with Gasteiger partial charge in [-0.05, 0) is 30.2 Å². The lowest BCUT2D eigenvalue weighted by Gasteiger charge is -2.33. The Bertz CT molecular complexity index is 854. The minimum atomic E-state index is -0.845. The van der Waals surface area contributed by atoms with Gasteiger partial charge in [-0.2, -0.15) is 0 Å². The summed E-state index contributed by atoms with van der Waals surface area (Å²) in [4.78, 5) is 38.0. The summed E-state index contributed by atoms with van der Waals surface area (Å²) in [5.74, 6) is -1.90. The SMILES string of the molecule is Cc1cccc(NC(=O)C(=O)NCC(=O)N2CCO[C@H](c3ccccc3)C2)c1. The highest BCUT2D eigenvalue weighted by Crippen LogP contribution is 2.21. The molecule has 0 aliphatic carbocycles. The smallest absolute Gasteiger partial charge is 0.313 e. The minimum absolute atomic E-state index is 0.195. The highest BCUT2D eigenvalue weighted by Gasteiger charge is 2.26. The van der Waals surface area contributed by atoms with E-state index in [0.717, 1.165) is 11.1 Å². The summed E-state index contributed by atoms with van der Waals surface area (Å²) < 4.78 is 5.74. The molecule has 1 heterocycles. The average Bonchev–Trinajstić information content (AvgIpc) is 2.72. The molecular weight excluding hydrogens is 358 g/mol. The number of nitrogens with zero attached hydrogens (tertiary/aromatic N) is 1. The molecule has 3 amide bonds. The van der Waals surface area contributed by atoms with Crippen molar-refractivity contribution in [1.29, 1.82) is 0 Å². The standard InChI is InChI=1S/C21H23N3O4/c1-15-6-5-9-17(12-15)23-21(27)20(26)22-13-19(25)24-10-11-28-18(14-24)16-7-3-2-4-8-16/h2-9,12,18H,10-11,13-14H2,1H3,(H,22,26)(H,23,27)/t18-/m0/s1. The molecule has 2 aromatic rings. The van der Waals surface area contributed by atoms with Crippen LogP contribution in [-0.4, -0.2) is 48.9 Å². The van der Waals surface area contributed by atoms with Crippen molar-refractivity contribution in [2.75, 3.05) is 31.6 Å². The Kier molecular flexibility index (Phi) is 6.39. The molecule has 1 fully saturated rings. The minimum Gasteiger partial charge on any atom is -0.370 e. The highest BCUT2D eigenvalue weighted by atomic mass is 16.5. The molecular formula is C21H23N3O4. The van der Waals surface area contributed by atoms with Crippen LogP contribution < -0.4 is 10.6 Å². The van der Waals surface area contributed by atoms with Crippen molar-refractivity contribution in [1.82, 2.24) is 10.2 Å².